The van der Waals surface area contributed by atoms with E-state index < -0.39 is 0 Å². The van der Waals surface area contributed by atoms with Gasteiger partial charge in [-0.25, -0.2) is 0 Å². The Morgan fingerprint density at radius 2 is 2.12 bits per heavy atom. The lowest BCUT2D eigenvalue weighted by atomic mass is 10.3. The predicted molar refractivity (Wildman–Crippen MR) is 77.6 cm³/mol. The van der Waals surface area contributed by atoms with E-state index in [0.717, 1.165) is 12.1 Å². The number of carbonyl (C=O) groups excluding carboxylic acids is 1. The molecule has 0 aromatic carbocycles. The van der Waals surface area contributed by atoms with Crippen molar-refractivity contribution in [3.8, 4) is 12.0 Å². The summed E-state index contributed by atoms with van der Waals surface area (Å²) in [6.45, 7) is 1.62. The number of hydrogen-bond donors (Lipinski definition) is 1. The number of aromatic amines is 1. The SMILES string of the molecule is N#Cc1cc2n(n1)CCCN(C(=O)c1nc(-n3cnnc3)n[nH]1)C2. The molecule has 24 heavy (non-hydrogen) atoms. The van der Waals surface area contributed by atoms with Gasteiger partial charge in [0.1, 0.15) is 18.7 Å². The topological polar surface area (TPSA) is 134 Å². The van der Waals surface area contributed by atoms with Crippen LogP contribution in [-0.4, -0.2) is 57.1 Å². The lowest BCUT2D eigenvalue weighted by Gasteiger charge is -2.18. The molecular weight excluding hydrogens is 312 g/mol. The van der Waals surface area contributed by atoms with E-state index in [-0.39, 0.29) is 11.7 Å². The number of nitrogens with zero attached hydrogens (tertiary/aromatic N) is 9. The Hall–Kier alpha value is -3.55. The van der Waals surface area contributed by atoms with Gasteiger partial charge in [-0.1, -0.05) is 0 Å². The summed E-state index contributed by atoms with van der Waals surface area (Å²) in [7, 11) is 0. The lowest BCUT2D eigenvalue weighted by Crippen LogP contribution is -2.31. The molecular formula is C13H12N10O. The second-order valence-corrected chi connectivity index (χ2v) is 5.29. The van der Waals surface area contributed by atoms with Crippen LogP contribution in [0.15, 0.2) is 18.7 Å². The third kappa shape index (κ3) is 2.39. The fourth-order valence-corrected chi connectivity index (χ4v) is 2.61. The molecule has 0 fully saturated rings. The summed E-state index contributed by atoms with van der Waals surface area (Å²) >= 11 is 0. The molecule has 0 bridgehead atoms. The van der Waals surface area contributed by atoms with Crippen molar-refractivity contribution in [1.29, 1.82) is 5.26 Å². The monoisotopic (exact) mass is 324 g/mol. The van der Waals surface area contributed by atoms with E-state index >= 15 is 0 Å². The van der Waals surface area contributed by atoms with Crippen LogP contribution < -0.4 is 0 Å². The van der Waals surface area contributed by atoms with Crippen molar-refractivity contribution in [1.82, 2.24) is 44.6 Å². The number of aromatic nitrogens is 8. The van der Waals surface area contributed by atoms with Crippen LogP contribution in [0.1, 0.15) is 28.4 Å². The minimum Gasteiger partial charge on any atom is -0.330 e. The number of nitriles is 1. The van der Waals surface area contributed by atoms with E-state index in [2.05, 4.69) is 30.5 Å². The van der Waals surface area contributed by atoms with E-state index in [9.17, 15) is 4.79 Å². The van der Waals surface area contributed by atoms with Gasteiger partial charge in [0, 0.05) is 13.1 Å². The molecule has 0 radical (unpaired) electrons. The number of aryl methyl sites for hydroxylation is 1. The first-order valence-corrected chi connectivity index (χ1v) is 7.28. The van der Waals surface area contributed by atoms with Crippen molar-refractivity contribution in [3.63, 3.8) is 0 Å². The molecule has 11 heteroatoms. The molecule has 4 rings (SSSR count). The second-order valence-electron chi connectivity index (χ2n) is 5.29. The number of amides is 1. The van der Waals surface area contributed by atoms with E-state index in [1.165, 1.54) is 17.2 Å². The zero-order chi connectivity index (χ0) is 16.5. The third-order valence-electron chi connectivity index (χ3n) is 3.74. The highest BCUT2D eigenvalue weighted by atomic mass is 16.2. The van der Waals surface area contributed by atoms with Gasteiger partial charge in [0.15, 0.2) is 5.69 Å². The molecule has 0 unspecified atom stereocenters. The first-order valence-electron chi connectivity index (χ1n) is 7.28. The smallest absolute Gasteiger partial charge is 0.291 e. The largest absolute Gasteiger partial charge is 0.330 e. The molecule has 1 aliphatic heterocycles. The fraction of sp³-hybridized carbons (Fsp3) is 0.308. The number of nitrogens with one attached hydrogen (secondary N) is 1. The van der Waals surface area contributed by atoms with Gasteiger partial charge in [0.2, 0.25) is 5.82 Å². The molecule has 3 aromatic rings. The maximum absolute atomic E-state index is 12.7. The Balaban J connectivity index is 1.57. The zero-order valence-corrected chi connectivity index (χ0v) is 12.5. The van der Waals surface area contributed by atoms with Crippen LogP contribution in [0.25, 0.3) is 5.95 Å². The highest BCUT2D eigenvalue weighted by Crippen LogP contribution is 2.15. The molecule has 120 valence electrons. The standard InChI is InChI=1S/C13H12N10O/c14-5-9-4-10-6-21(2-1-3-23(10)20-9)12(24)11-17-13(19-18-11)22-7-15-16-8-22/h4,7-8H,1-3,6H2,(H,17,18,19). The molecule has 0 aliphatic carbocycles. The van der Waals surface area contributed by atoms with Gasteiger partial charge in [0.05, 0.1) is 12.2 Å². The van der Waals surface area contributed by atoms with Crippen LogP contribution in [-0.2, 0) is 13.1 Å². The van der Waals surface area contributed by atoms with E-state index in [1.54, 1.807) is 15.6 Å². The first kappa shape index (κ1) is 14.1. The summed E-state index contributed by atoms with van der Waals surface area (Å²) < 4.78 is 3.28. The Morgan fingerprint density at radius 3 is 2.92 bits per heavy atom. The second kappa shape index (κ2) is 5.58. The van der Waals surface area contributed by atoms with Gasteiger partial charge in [-0.05, 0) is 12.5 Å². The Kier molecular flexibility index (Phi) is 3.27. The molecule has 1 amide bonds. The minimum atomic E-state index is -0.255. The van der Waals surface area contributed by atoms with E-state index in [4.69, 9.17) is 5.26 Å². The van der Waals surface area contributed by atoms with Gasteiger partial charge in [0.25, 0.3) is 11.9 Å². The van der Waals surface area contributed by atoms with Crippen LogP contribution in [0, 0.1) is 11.3 Å². The number of carbonyl (C=O) groups is 1. The molecule has 4 heterocycles. The summed E-state index contributed by atoms with van der Waals surface area (Å²) in [4.78, 5) is 18.5. The number of fused-ring (bicyclic) bond motifs is 1. The maximum Gasteiger partial charge on any atom is 0.291 e. The third-order valence-corrected chi connectivity index (χ3v) is 3.74. The minimum absolute atomic E-state index is 0.146. The van der Waals surface area contributed by atoms with Crippen molar-refractivity contribution in [2.45, 2.75) is 19.5 Å². The van der Waals surface area contributed by atoms with E-state index in [0.29, 0.717) is 31.3 Å². The summed E-state index contributed by atoms with van der Waals surface area (Å²) in [6, 6.07) is 3.72. The zero-order valence-electron chi connectivity index (χ0n) is 12.5. The summed E-state index contributed by atoms with van der Waals surface area (Å²) in [5.41, 5.74) is 1.19. The quantitative estimate of drug-likeness (QED) is 0.671. The summed E-state index contributed by atoms with van der Waals surface area (Å²) in [5, 5.41) is 27.2. The number of rotatable bonds is 2. The van der Waals surface area contributed by atoms with Crippen LogP contribution in [0.3, 0.4) is 0 Å². The molecule has 0 saturated carbocycles. The first-order chi connectivity index (χ1) is 11.7. The molecule has 0 spiro atoms. The molecule has 1 aliphatic rings. The maximum atomic E-state index is 12.7. The average molecular weight is 324 g/mol. The van der Waals surface area contributed by atoms with Gasteiger partial charge in [-0.15, -0.1) is 15.3 Å². The Morgan fingerprint density at radius 1 is 1.29 bits per heavy atom. The van der Waals surface area contributed by atoms with Gasteiger partial charge >= 0.3 is 0 Å². The highest BCUT2D eigenvalue weighted by molar-refractivity contribution is 5.90. The van der Waals surface area contributed by atoms with Crippen LogP contribution in [0.4, 0.5) is 0 Å². The predicted octanol–water partition coefficient (Wildman–Crippen LogP) is -0.500. The van der Waals surface area contributed by atoms with Crippen LogP contribution >= 0.6 is 0 Å². The highest BCUT2D eigenvalue weighted by Gasteiger charge is 2.24. The molecule has 0 atom stereocenters. The summed E-state index contributed by atoms with van der Waals surface area (Å²) in [6.07, 6.45) is 3.65. The van der Waals surface area contributed by atoms with Gasteiger partial charge < -0.3 is 4.90 Å². The fourth-order valence-electron chi connectivity index (χ4n) is 2.61. The number of hydrogen-bond acceptors (Lipinski definition) is 7. The Bertz CT molecular complexity index is 915. The van der Waals surface area contributed by atoms with Crippen LogP contribution in [0.2, 0.25) is 0 Å². The number of H-pyrrole nitrogens is 1. The van der Waals surface area contributed by atoms with Crippen molar-refractivity contribution in [3.05, 3.63) is 35.9 Å². The van der Waals surface area contributed by atoms with Crippen molar-refractivity contribution in [2.75, 3.05) is 6.54 Å². The normalized spacial score (nSPS) is 14.0. The van der Waals surface area contributed by atoms with Crippen molar-refractivity contribution >= 4 is 5.91 Å². The Labute approximate surface area is 135 Å². The van der Waals surface area contributed by atoms with Crippen LogP contribution in [0.5, 0.6) is 0 Å². The van der Waals surface area contributed by atoms with Gasteiger partial charge in [-0.2, -0.15) is 15.3 Å². The van der Waals surface area contributed by atoms with Crippen molar-refractivity contribution < 1.29 is 4.79 Å². The molecule has 3 aromatic heterocycles. The summed E-state index contributed by atoms with van der Waals surface area (Å²) in [5.74, 6) is 0.192. The van der Waals surface area contributed by atoms with E-state index in [1.807, 2.05) is 6.07 Å². The molecule has 0 saturated heterocycles. The van der Waals surface area contributed by atoms with Gasteiger partial charge in [-0.3, -0.25) is 19.1 Å². The lowest BCUT2D eigenvalue weighted by molar-refractivity contribution is 0.0734. The average Bonchev–Trinajstić information content (AvgIpc) is 3.32. The molecule has 1 N–H and O–H groups in total. The van der Waals surface area contributed by atoms with Crippen molar-refractivity contribution in [2.24, 2.45) is 0 Å². The molecule has 11 nitrogen and oxygen atoms in total.